The monoisotopic (exact) mass is 558 g/mol. The summed E-state index contributed by atoms with van der Waals surface area (Å²) in [5.74, 6) is -2.38. The Hall–Kier alpha value is -3.29. The minimum absolute atomic E-state index is 0.0196. The minimum atomic E-state index is -1.92. The van der Waals surface area contributed by atoms with E-state index in [0.717, 1.165) is 6.42 Å². The van der Waals surface area contributed by atoms with Gasteiger partial charge >= 0.3 is 11.9 Å². The number of epoxide rings is 1. The molecule has 1 heterocycles. The number of hydrogen-bond donors (Lipinski definition) is 1. The molecule has 0 aromatic heterocycles. The molecule has 4 aliphatic rings. The third-order valence-electron chi connectivity index (χ3n) is 10.2. The molecule has 7 heteroatoms. The van der Waals surface area contributed by atoms with Gasteiger partial charge in [-0.05, 0) is 79.2 Å². The van der Waals surface area contributed by atoms with Gasteiger partial charge in [-0.25, -0.2) is 9.59 Å². The summed E-state index contributed by atoms with van der Waals surface area (Å²) in [6.07, 6.45) is 1.61. The molecule has 1 aliphatic heterocycles. The zero-order valence-corrected chi connectivity index (χ0v) is 24.0. The third-order valence-corrected chi connectivity index (χ3v) is 10.2. The lowest BCUT2D eigenvalue weighted by Crippen LogP contribution is -2.56. The van der Waals surface area contributed by atoms with Crippen LogP contribution in [0.15, 0.2) is 72.3 Å². The summed E-state index contributed by atoms with van der Waals surface area (Å²) in [5.41, 5.74) is -1.57. The molecule has 8 atom stereocenters. The zero-order valence-electron chi connectivity index (χ0n) is 24.0. The number of ether oxygens (including phenoxy) is 3. The van der Waals surface area contributed by atoms with Gasteiger partial charge in [-0.3, -0.25) is 4.79 Å². The van der Waals surface area contributed by atoms with Crippen molar-refractivity contribution in [2.24, 2.45) is 29.1 Å². The first-order valence-corrected chi connectivity index (χ1v) is 14.6. The van der Waals surface area contributed by atoms with E-state index in [2.05, 4.69) is 13.8 Å². The highest BCUT2D eigenvalue weighted by Crippen LogP contribution is 2.63. The number of carbonyl (C=O) groups excluding carboxylic acids is 3. The quantitative estimate of drug-likeness (QED) is 0.408. The molecule has 0 amide bonds. The van der Waals surface area contributed by atoms with Crippen molar-refractivity contribution in [2.75, 3.05) is 6.61 Å². The molecule has 7 nitrogen and oxygen atoms in total. The lowest BCUT2D eigenvalue weighted by Gasteiger charge is -2.39. The van der Waals surface area contributed by atoms with Crippen LogP contribution >= 0.6 is 0 Å². The fraction of sp³-hybridized carbons (Fsp3) is 0.500. The predicted octanol–water partition coefficient (Wildman–Crippen LogP) is 5.18. The van der Waals surface area contributed by atoms with E-state index in [4.69, 9.17) is 14.2 Å². The highest BCUT2D eigenvalue weighted by atomic mass is 16.6. The summed E-state index contributed by atoms with van der Waals surface area (Å²) in [4.78, 5) is 41.0. The van der Waals surface area contributed by atoms with Crippen molar-refractivity contribution in [1.29, 1.82) is 0 Å². The Bertz CT molecular complexity index is 1380. The molecule has 0 bridgehead atoms. The molecule has 2 aromatic carbocycles. The van der Waals surface area contributed by atoms with Crippen molar-refractivity contribution < 1.29 is 33.7 Å². The van der Waals surface area contributed by atoms with E-state index in [1.807, 2.05) is 25.1 Å². The van der Waals surface area contributed by atoms with Gasteiger partial charge in [0.1, 0.15) is 23.4 Å². The van der Waals surface area contributed by atoms with Gasteiger partial charge in [0.05, 0.1) is 23.7 Å². The molecule has 1 spiro atoms. The Labute approximate surface area is 240 Å². The summed E-state index contributed by atoms with van der Waals surface area (Å²) in [5, 5.41) is 12.4. The van der Waals surface area contributed by atoms with Crippen molar-refractivity contribution in [3.05, 3.63) is 83.4 Å². The van der Waals surface area contributed by atoms with Crippen molar-refractivity contribution in [2.45, 2.75) is 70.4 Å². The van der Waals surface area contributed by atoms with Crippen molar-refractivity contribution in [1.82, 2.24) is 0 Å². The second-order valence-corrected chi connectivity index (χ2v) is 13.1. The first kappa shape index (κ1) is 27.9. The van der Waals surface area contributed by atoms with Crippen molar-refractivity contribution >= 4 is 17.7 Å². The third kappa shape index (κ3) is 4.73. The van der Waals surface area contributed by atoms with Crippen LogP contribution in [0.3, 0.4) is 0 Å². The summed E-state index contributed by atoms with van der Waals surface area (Å²) in [7, 11) is 0. The molecule has 3 aliphatic carbocycles. The SMILES string of the molecule is C/C1=C\[C@@H]2[C@H](CC[C@]3(CO3)[C@H](OC(=O)c3ccccc3)[C@H]3[C@@H](OC(=O)c4ccccc4)[C@@H](C)C[C@]3(O)C1=O)C2(C)C. The number of benzene rings is 2. The van der Waals surface area contributed by atoms with Gasteiger partial charge in [0.15, 0.2) is 5.78 Å². The van der Waals surface area contributed by atoms with Crippen LogP contribution in [0.4, 0.5) is 0 Å². The first-order valence-electron chi connectivity index (χ1n) is 14.6. The van der Waals surface area contributed by atoms with E-state index in [1.165, 1.54) is 0 Å². The normalized spacial score (nSPS) is 38.5. The molecule has 2 saturated carbocycles. The maximum atomic E-state index is 14.2. The molecule has 216 valence electrons. The highest BCUT2D eigenvalue weighted by molar-refractivity contribution is 6.02. The first-order chi connectivity index (χ1) is 19.5. The van der Waals surface area contributed by atoms with E-state index >= 15 is 0 Å². The second kappa shape index (κ2) is 9.92. The van der Waals surface area contributed by atoms with E-state index in [9.17, 15) is 19.5 Å². The van der Waals surface area contributed by atoms with Gasteiger partial charge in [0.2, 0.25) is 0 Å². The smallest absolute Gasteiger partial charge is 0.338 e. The van der Waals surface area contributed by atoms with E-state index in [-0.39, 0.29) is 23.7 Å². The average Bonchev–Trinajstić information content (AvgIpc) is 3.83. The number of Topliss-reactive ketones (excluding diaryl/α,β-unsaturated/α-hetero) is 1. The number of ketones is 1. The summed E-state index contributed by atoms with van der Waals surface area (Å²) < 4.78 is 18.5. The molecular weight excluding hydrogens is 520 g/mol. The molecule has 1 saturated heterocycles. The number of carbonyl (C=O) groups is 3. The van der Waals surface area contributed by atoms with Crippen LogP contribution in [0, 0.1) is 29.1 Å². The van der Waals surface area contributed by atoms with E-state index < -0.39 is 47.0 Å². The molecule has 0 radical (unpaired) electrons. The molecule has 2 aromatic rings. The van der Waals surface area contributed by atoms with Crippen LogP contribution in [-0.2, 0) is 19.0 Å². The maximum Gasteiger partial charge on any atom is 0.338 e. The Kier molecular flexibility index (Phi) is 6.74. The van der Waals surface area contributed by atoms with Crippen LogP contribution < -0.4 is 0 Å². The van der Waals surface area contributed by atoms with Crippen LogP contribution in [0.2, 0.25) is 0 Å². The van der Waals surface area contributed by atoms with Crippen LogP contribution in [-0.4, -0.2) is 52.8 Å². The number of fused-ring (bicyclic) bond motifs is 2. The maximum absolute atomic E-state index is 14.2. The van der Waals surface area contributed by atoms with E-state index in [1.54, 1.807) is 55.5 Å². The fourth-order valence-electron chi connectivity index (χ4n) is 7.56. The minimum Gasteiger partial charge on any atom is -0.458 e. The van der Waals surface area contributed by atoms with Crippen molar-refractivity contribution in [3.8, 4) is 0 Å². The van der Waals surface area contributed by atoms with Crippen molar-refractivity contribution in [3.63, 3.8) is 0 Å². The van der Waals surface area contributed by atoms with E-state index in [0.29, 0.717) is 35.6 Å². The number of allylic oxidation sites excluding steroid dienone is 1. The Morgan fingerprint density at radius 2 is 1.51 bits per heavy atom. The summed E-state index contributed by atoms with van der Waals surface area (Å²) in [6.45, 7) is 8.35. The van der Waals surface area contributed by atoms with Crippen LogP contribution in [0.1, 0.15) is 67.7 Å². The Morgan fingerprint density at radius 1 is 0.951 bits per heavy atom. The van der Waals surface area contributed by atoms with Gasteiger partial charge in [0, 0.05) is 0 Å². The Balaban J connectivity index is 1.44. The topological polar surface area (TPSA) is 102 Å². The van der Waals surface area contributed by atoms with Crippen LogP contribution in [0.25, 0.3) is 0 Å². The van der Waals surface area contributed by atoms with Gasteiger partial charge in [-0.2, -0.15) is 0 Å². The Morgan fingerprint density at radius 3 is 2.07 bits per heavy atom. The van der Waals surface area contributed by atoms with Gasteiger partial charge in [-0.1, -0.05) is 63.2 Å². The largest absolute Gasteiger partial charge is 0.458 e. The second-order valence-electron chi connectivity index (χ2n) is 13.1. The lowest BCUT2D eigenvalue weighted by atomic mass is 9.74. The predicted molar refractivity (Wildman–Crippen MR) is 151 cm³/mol. The average molecular weight is 559 g/mol. The lowest BCUT2D eigenvalue weighted by molar-refractivity contribution is -0.151. The fourth-order valence-corrected chi connectivity index (χ4v) is 7.56. The molecule has 3 fully saturated rings. The van der Waals surface area contributed by atoms with Gasteiger partial charge < -0.3 is 19.3 Å². The number of esters is 2. The molecule has 0 unspecified atom stereocenters. The number of aliphatic hydroxyl groups is 1. The van der Waals surface area contributed by atoms with Gasteiger partial charge in [0.25, 0.3) is 0 Å². The number of hydrogen-bond acceptors (Lipinski definition) is 7. The molecule has 6 rings (SSSR count). The number of rotatable bonds is 4. The molecule has 41 heavy (non-hydrogen) atoms. The summed E-state index contributed by atoms with van der Waals surface area (Å²) >= 11 is 0. The standard InChI is InChI=1S/C34H38O7/c1-20-17-25-24(32(25,3)4)15-16-33(19-39-33)29(41-31(37)23-13-9-6-10-14-23)26-27(21(2)18-34(26,38)28(20)35)40-30(36)22-11-7-5-8-12-22/h5-14,17,21,24-27,29,38H,15-16,18-19H2,1-4H3/b20-17+/t21-,24-,25+,26+,27-,29+,33-,34+/m0/s1. The van der Waals surface area contributed by atoms with Crippen LogP contribution in [0.5, 0.6) is 0 Å². The summed E-state index contributed by atoms with van der Waals surface area (Å²) in [6, 6.07) is 17.3. The zero-order chi connectivity index (χ0) is 29.2. The highest BCUT2D eigenvalue weighted by Gasteiger charge is 2.69. The molecular formula is C34H38O7. The molecule has 1 N–H and O–H groups in total. The van der Waals surface area contributed by atoms with Gasteiger partial charge in [-0.15, -0.1) is 0 Å².